The van der Waals surface area contributed by atoms with Gasteiger partial charge in [-0.3, -0.25) is 5.84 Å². The number of hydrogen-bond acceptors (Lipinski definition) is 8. The summed E-state index contributed by atoms with van der Waals surface area (Å²) < 4.78 is 0. The number of aromatic hydroxyl groups is 6. The monoisotopic (exact) mass is 358 g/mol. The molecule has 8 heteroatoms. The summed E-state index contributed by atoms with van der Waals surface area (Å²) in [5, 5.41) is 60.0. The highest BCUT2D eigenvalue weighted by Crippen LogP contribution is 2.53. The summed E-state index contributed by atoms with van der Waals surface area (Å²) in [6, 6.07) is 5.17. The molecule has 1 aliphatic rings. The quantitative estimate of drug-likeness (QED) is 0.233. The molecule has 9 N–H and O–H groups in total. The fourth-order valence-corrected chi connectivity index (χ4v) is 3.22. The van der Waals surface area contributed by atoms with Crippen LogP contribution in [0.4, 0.5) is 0 Å². The lowest BCUT2D eigenvalue weighted by atomic mass is 9.68. The topological polar surface area (TPSA) is 159 Å². The van der Waals surface area contributed by atoms with Gasteiger partial charge in [0.25, 0.3) is 0 Å². The Kier molecular flexibility index (Phi) is 4.05. The van der Waals surface area contributed by atoms with Gasteiger partial charge in [0.2, 0.25) is 11.5 Å². The third kappa shape index (κ3) is 2.44. The van der Waals surface area contributed by atoms with Gasteiger partial charge in [0, 0.05) is 23.2 Å². The molecule has 0 atom stereocenters. The molecule has 8 nitrogen and oxygen atoms in total. The van der Waals surface area contributed by atoms with Crippen molar-refractivity contribution in [2.45, 2.75) is 11.8 Å². The van der Waals surface area contributed by atoms with Crippen LogP contribution in [0.3, 0.4) is 0 Å². The van der Waals surface area contributed by atoms with Gasteiger partial charge in [-0.2, -0.15) is 0 Å². The molecule has 2 aromatic rings. The number of phenolic OH excluding ortho intramolecular Hbond substituents is 6. The zero-order valence-electron chi connectivity index (χ0n) is 13.5. The van der Waals surface area contributed by atoms with Crippen molar-refractivity contribution in [3.05, 3.63) is 59.3 Å². The number of allylic oxidation sites excluding steroid dienone is 4. The second-order valence-corrected chi connectivity index (χ2v) is 6.00. The molecule has 0 saturated carbocycles. The van der Waals surface area contributed by atoms with Crippen molar-refractivity contribution in [1.29, 1.82) is 0 Å². The Balaban J connectivity index is 2.34. The second-order valence-electron chi connectivity index (χ2n) is 6.00. The lowest BCUT2D eigenvalue weighted by molar-refractivity contribution is 0.352. The van der Waals surface area contributed by atoms with E-state index in [1.807, 2.05) is 0 Å². The summed E-state index contributed by atoms with van der Waals surface area (Å²) >= 11 is 0. The lowest BCUT2D eigenvalue weighted by Crippen LogP contribution is -2.33. The fraction of sp³-hybridized carbons (Fsp3) is 0.111. The molecule has 0 unspecified atom stereocenters. The third-order valence-corrected chi connectivity index (χ3v) is 4.55. The smallest absolute Gasteiger partial charge is 0.200 e. The highest BCUT2D eigenvalue weighted by atomic mass is 16.3. The van der Waals surface area contributed by atoms with Crippen LogP contribution in [0.5, 0.6) is 34.5 Å². The van der Waals surface area contributed by atoms with Gasteiger partial charge in [0.15, 0.2) is 23.0 Å². The molecule has 0 saturated heterocycles. The van der Waals surface area contributed by atoms with Crippen molar-refractivity contribution in [1.82, 2.24) is 5.43 Å². The molecule has 2 aromatic carbocycles. The first-order valence-corrected chi connectivity index (χ1v) is 7.65. The van der Waals surface area contributed by atoms with Gasteiger partial charge in [-0.25, -0.2) is 0 Å². The summed E-state index contributed by atoms with van der Waals surface area (Å²) in [6.45, 7) is 0. The minimum Gasteiger partial charge on any atom is -0.504 e. The van der Waals surface area contributed by atoms with Crippen LogP contribution in [-0.4, -0.2) is 30.6 Å². The normalized spacial score (nSPS) is 15.5. The van der Waals surface area contributed by atoms with Crippen LogP contribution in [0, 0.1) is 0 Å². The van der Waals surface area contributed by atoms with Crippen molar-refractivity contribution in [3.63, 3.8) is 0 Å². The first kappa shape index (κ1) is 17.3. The van der Waals surface area contributed by atoms with Crippen molar-refractivity contribution in [2.75, 3.05) is 0 Å². The van der Waals surface area contributed by atoms with Crippen LogP contribution in [0.1, 0.15) is 17.5 Å². The van der Waals surface area contributed by atoms with Crippen molar-refractivity contribution in [2.24, 2.45) is 5.84 Å². The highest BCUT2D eigenvalue weighted by molar-refractivity contribution is 5.66. The van der Waals surface area contributed by atoms with E-state index in [4.69, 9.17) is 5.84 Å². The second kappa shape index (κ2) is 6.08. The van der Waals surface area contributed by atoms with Gasteiger partial charge in [-0.05, 0) is 18.2 Å². The largest absolute Gasteiger partial charge is 0.504 e. The standard InChI is InChI=1S/C18H18N2O6/c19-20-9-2-1-7-18(8-9,10-3-5-12(21)16(25)14(10)23)11-4-6-13(22)17(26)15(11)24/h1-7,20-26H,8,19H2. The van der Waals surface area contributed by atoms with Crippen LogP contribution in [0.15, 0.2) is 48.2 Å². The molecule has 0 spiro atoms. The van der Waals surface area contributed by atoms with E-state index < -0.39 is 39.9 Å². The molecular weight excluding hydrogens is 340 g/mol. The minimum atomic E-state index is -1.25. The first-order valence-electron chi connectivity index (χ1n) is 7.65. The van der Waals surface area contributed by atoms with E-state index in [0.717, 1.165) is 0 Å². The van der Waals surface area contributed by atoms with Crippen molar-refractivity contribution >= 4 is 0 Å². The van der Waals surface area contributed by atoms with E-state index >= 15 is 0 Å². The Morgan fingerprint density at radius 3 is 1.73 bits per heavy atom. The van der Waals surface area contributed by atoms with Crippen molar-refractivity contribution in [3.8, 4) is 34.5 Å². The molecular formula is C18H18N2O6. The van der Waals surface area contributed by atoms with Gasteiger partial charge in [-0.15, -0.1) is 0 Å². The Labute approximate surface area is 148 Å². The highest BCUT2D eigenvalue weighted by Gasteiger charge is 2.40. The Bertz CT molecular complexity index is 878. The van der Waals surface area contributed by atoms with E-state index in [2.05, 4.69) is 5.43 Å². The van der Waals surface area contributed by atoms with Gasteiger partial charge in [0.05, 0.1) is 5.41 Å². The fourth-order valence-electron chi connectivity index (χ4n) is 3.22. The molecule has 0 aromatic heterocycles. The zero-order valence-corrected chi connectivity index (χ0v) is 13.5. The van der Waals surface area contributed by atoms with Gasteiger partial charge >= 0.3 is 0 Å². The minimum absolute atomic E-state index is 0.134. The Hall–Kier alpha value is -3.52. The molecule has 26 heavy (non-hydrogen) atoms. The SMILES string of the molecule is NNC1=CC=CC(c2ccc(O)c(O)c2O)(c2ccc(O)c(O)c2O)C1. The van der Waals surface area contributed by atoms with Crippen LogP contribution in [0.2, 0.25) is 0 Å². The first-order chi connectivity index (χ1) is 12.3. The number of hydrazine groups is 1. The average Bonchev–Trinajstić information content (AvgIpc) is 2.64. The van der Waals surface area contributed by atoms with Crippen LogP contribution in [0.25, 0.3) is 0 Å². The number of nitrogens with one attached hydrogen (secondary N) is 1. The summed E-state index contributed by atoms with van der Waals surface area (Å²) in [5.41, 5.74) is 2.13. The van der Waals surface area contributed by atoms with E-state index in [1.54, 1.807) is 18.2 Å². The Morgan fingerprint density at radius 1 is 0.769 bits per heavy atom. The van der Waals surface area contributed by atoms with E-state index in [0.29, 0.717) is 5.70 Å². The molecule has 0 heterocycles. The molecule has 0 bridgehead atoms. The summed E-state index contributed by atoms with van der Waals surface area (Å²) in [6.07, 6.45) is 5.10. The maximum Gasteiger partial charge on any atom is 0.200 e. The number of hydrogen-bond donors (Lipinski definition) is 8. The predicted molar refractivity (Wildman–Crippen MR) is 92.8 cm³/mol. The summed E-state index contributed by atoms with van der Waals surface area (Å²) in [4.78, 5) is 0. The number of nitrogens with two attached hydrogens (primary N) is 1. The number of benzene rings is 2. The maximum atomic E-state index is 10.4. The lowest BCUT2D eigenvalue weighted by Gasteiger charge is -2.36. The molecule has 0 fully saturated rings. The molecule has 0 radical (unpaired) electrons. The van der Waals surface area contributed by atoms with Gasteiger partial charge < -0.3 is 36.1 Å². The van der Waals surface area contributed by atoms with Crippen LogP contribution < -0.4 is 11.3 Å². The molecule has 3 rings (SSSR count). The Morgan fingerprint density at radius 2 is 1.27 bits per heavy atom. The third-order valence-electron chi connectivity index (χ3n) is 4.55. The number of rotatable bonds is 3. The van der Waals surface area contributed by atoms with Crippen molar-refractivity contribution < 1.29 is 30.6 Å². The zero-order chi connectivity index (χ0) is 19.1. The predicted octanol–water partition coefficient (Wildman–Crippen LogP) is 1.51. The average molecular weight is 358 g/mol. The molecule has 0 aliphatic heterocycles. The van der Waals surface area contributed by atoms with E-state index in [1.165, 1.54) is 24.3 Å². The van der Waals surface area contributed by atoms with Crippen LogP contribution in [-0.2, 0) is 5.41 Å². The number of phenols is 6. The van der Waals surface area contributed by atoms with E-state index in [-0.39, 0.29) is 17.5 Å². The molecule has 1 aliphatic carbocycles. The van der Waals surface area contributed by atoms with Gasteiger partial charge in [-0.1, -0.05) is 24.3 Å². The maximum absolute atomic E-state index is 10.4. The van der Waals surface area contributed by atoms with E-state index in [9.17, 15) is 30.6 Å². The van der Waals surface area contributed by atoms with Gasteiger partial charge in [0.1, 0.15) is 0 Å². The summed E-state index contributed by atoms with van der Waals surface area (Å²) in [7, 11) is 0. The van der Waals surface area contributed by atoms with Crippen LogP contribution >= 0.6 is 0 Å². The molecule has 0 amide bonds. The summed E-state index contributed by atoms with van der Waals surface area (Å²) in [5.74, 6) is 1.90. The molecule has 136 valence electrons.